The number of hydrogen-bond acceptors (Lipinski definition) is 4. The molecule has 1 N–H and O–H groups in total. The fourth-order valence-corrected chi connectivity index (χ4v) is 3.06. The molecule has 0 saturated carbocycles. The molecule has 1 aromatic rings. The van der Waals surface area contributed by atoms with Crippen LogP contribution < -0.4 is 5.32 Å². The molecule has 1 fully saturated rings. The lowest BCUT2D eigenvalue weighted by Crippen LogP contribution is -2.36. The van der Waals surface area contributed by atoms with Crippen LogP contribution in [0.4, 0.5) is 0 Å². The zero-order valence-electron chi connectivity index (χ0n) is 11.6. The Balaban J connectivity index is 1.66. The third-order valence-corrected chi connectivity index (χ3v) is 4.47. The van der Waals surface area contributed by atoms with E-state index in [4.69, 9.17) is 21.1 Å². The van der Waals surface area contributed by atoms with Crippen molar-refractivity contribution in [1.82, 2.24) is 5.32 Å². The van der Waals surface area contributed by atoms with Crippen molar-refractivity contribution in [3.8, 4) is 0 Å². The van der Waals surface area contributed by atoms with Crippen molar-refractivity contribution in [2.45, 2.75) is 44.9 Å². The first kappa shape index (κ1) is 15.8. The molecule has 0 bridgehead atoms. The summed E-state index contributed by atoms with van der Waals surface area (Å²) in [6.07, 6.45) is 2.98. The number of nitrogens with one attached hydrogen (secondary N) is 1. The number of rotatable bonds is 6. The molecule has 2 heterocycles. The van der Waals surface area contributed by atoms with Crippen LogP contribution in [0, 0.1) is 0 Å². The first-order valence-corrected chi connectivity index (χ1v) is 8.09. The molecule has 6 heteroatoms. The number of carbonyl (C=O) groups excluding carboxylic acids is 1. The molecular formula is C14H20ClNO3S. The minimum atomic E-state index is -0.462. The quantitative estimate of drug-likeness (QED) is 0.877. The molecule has 0 unspecified atom stereocenters. The summed E-state index contributed by atoms with van der Waals surface area (Å²) in [5.41, 5.74) is 0. The van der Waals surface area contributed by atoms with Crippen molar-refractivity contribution in [1.29, 1.82) is 0 Å². The van der Waals surface area contributed by atoms with E-state index in [-0.39, 0.29) is 12.0 Å². The van der Waals surface area contributed by atoms with Crippen molar-refractivity contribution in [3.63, 3.8) is 0 Å². The molecule has 0 aromatic carbocycles. The standard InChI is InChI=1S/C14H20ClNO3S/c1-10(19-9-11-4-2-3-7-18-11)14(17)16-8-12-5-6-13(15)20-12/h5-6,10-11H,2-4,7-9H2,1H3,(H,16,17)/t10-,11+/m0/s1. The molecule has 20 heavy (non-hydrogen) atoms. The van der Waals surface area contributed by atoms with Gasteiger partial charge in [-0.15, -0.1) is 11.3 Å². The first-order valence-electron chi connectivity index (χ1n) is 6.90. The van der Waals surface area contributed by atoms with E-state index in [1.807, 2.05) is 12.1 Å². The predicted molar refractivity (Wildman–Crippen MR) is 80.2 cm³/mol. The Labute approximate surface area is 128 Å². The van der Waals surface area contributed by atoms with Crippen LogP contribution in [0.5, 0.6) is 0 Å². The monoisotopic (exact) mass is 317 g/mol. The van der Waals surface area contributed by atoms with Crippen LogP contribution >= 0.6 is 22.9 Å². The van der Waals surface area contributed by atoms with Gasteiger partial charge >= 0.3 is 0 Å². The van der Waals surface area contributed by atoms with Gasteiger partial charge in [-0.2, -0.15) is 0 Å². The Hall–Kier alpha value is -0.620. The Morgan fingerprint density at radius 2 is 2.45 bits per heavy atom. The molecule has 2 rings (SSSR count). The summed E-state index contributed by atoms with van der Waals surface area (Å²) < 4.78 is 11.9. The molecule has 1 aromatic heterocycles. The van der Waals surface area contributed by atoms with Crippen molar-refractivity contribution in [2.24, 2.45) is 0 Å². The normalized spacial score (nSPS) is 20.6. The summed E-state index contributed by atoms with van der Waals surface area (Å²) in [4.78, 5) is 12.9. The number of ether oxygens (including phenoxy) is 2. The van der Waals surface area contributed by atoms with Gasteiger partial charge in [0, 0.05) is 11.5 Å². The van der Waals surface area contributed by atoms with Gasteiger partial charge in [0.2, 0.25) is 5.91 Å². The predicted octanol–water partition coefficient (Wildman–Crippen LogP) is 2.99. The van der Waals surface area contributed by atoms with E-state index < -0.39 is 6.10 Å². The highest BCUT2D eigenvalue weighted by Gasteiger charge is 2.18. The largest absolute Gasteiger partial charge is 0.376 e. The van der Waals surface area contributed by atoms with Crippen LogP contribution in [-0.4, -0.2) is 31.3 Å². The van der Waals surface area contributed by atoms with E-state index in [1.165, 1.54) is 17.8 Å². The third kappa shape index (κ3) is 5.05. The smallest absolute Gasteiger partial charge is 0.249 e. The SMILES string of the molecule is C[C@H](OC[C@H]1CCCCO1)C(=O)NCc1ccc(Cl)s1. The maximum absolute atomic E-state index is 11.9. The molecule has 112 valence electrons. The second kappa shape index (κ2) is 7.98. The van der Waals surface area contributed by atoms with Crippen LogP contribution in [0.1, 0.15) is 31.1 Å². The van der Waals surface area contributed by atoms with Crippen molar-refractivity contribution >= 4 is 28.8 Å². The van der Waals surface area contributed by atoms with E-state index in [0.717, 1.165) is 28.7 Å². The van der Waals surface area contributed by atoms with Gasteiger partial charge in [0.15, 0.2) is 0 Å². The Kier molecular flexibility index (Phi) is 6.29. The maximum atomic E-state index is 11.9. The summed E-state index contributed by atoms with van der Waals surface area (Å²) in [6.45, 7) is 3.54. The fraction of sp³-hybridized carbons (Fsp3) is 0.643. The minimum Gasteiger partial charge on any atom is -0.376 e. The highest BCUT2D eigenvalue weighted by Crippen LogP contribution is 2.21. The molecule has 0 spiro atoms. The maximum Gasteiger partial charge on any atom is 0.249 e. The van der Waals surface area contributed by atoms with Crippen molar-refractivity contribution < 1.29 is 14.3 Å². The van der Waals surface area contributed by atoms with Crippen LogP contribution in [0.25, 0.3) is 0 Å². The van der Waals surface area contributed by atoms with Crippen molar-refractivity contribution in [3.05, 3.63) is 21.3 Å². The Morgan fingerprint density at radius 3 is 3.10 bits per heavy atom. The average Bonchev–Trinajstić information content (AvgIpc) is 2.89. The van der Waals surface area contributed by atoms with Gasteiger partial charge in [-0.05, 0) is 38.3 Å². The van der Waals surface area contributed by atoms with E-state index in [0.29, 0.717) is 13.2 Å². The first-order chi connectivity index (χ1) is 9.65. The molecule has 4 nitrogen and oxygen atoms in total. The topological polar surface area (TPSA) is 47.6 Å². The second-order valence-corrected chi connectivity index (χ2v) is 6.69. The fourth-order valence-electron chi connectivity index (χ4n) is 2.03. The third-order valence-electron chi connectivity index (χ3n) is 3.24. The number of thiophene rings is 1. The molecular weight excluding hydrogens is 298 g/mol. The lowest BCUT2D eigenvalue weighted by molar-refractivity contribution is -0.135. The van der Waals surface area contributed by atoms with E-state index in [9.17, 15) is 4.79 Å². The van der Waals surface area contributed by atoms with Gasteiger partial charge in [-0.25, -0.2) is 0 Å². The van der Waals surface area contributed by atoms with E-state index >= 15 is 0 Å². The molecule has 0 radical (unpaired) electrons. The van der Waals surface area contributed by atoms with Gasteiger partial charge in [0.1, 0.15) is 6.10 Å². The Morgan fingerprint density at radius 1 is 1.60 bits per heavy atom. The minimum absolute atomic E-state index is 0.106. The lowest BCUT2D eigenvalue weighted by Gasteiger charge is -2.23. The van der Waals surface area contributed by atoms with Crippen LogP contribution in [0.15, 0.2) is 12.1 Å². The Bertz CT molecular complexity index is 432. The zero-order valence-corrected chi connectivity index (χ0v) is 13.1. The van der Waals surface area contributed by atoms with Gasteiger partial charge in [0.05, 0.1) is 23.6 Å². The van der Waals surface area contributed by atoms with Crippen LogP contribution in [-0.2, 0) is 20.8 Å². The lowest BCUT2D eigenvalue weighted by atomic mass is 10.1. The summed E-state index contributed by atoms with van der Waals surface area (Å²) >= 11 is 7.31. The molecule has 1 saturated heterocycles. The molecule has 1 aliphatic rings. The molecule has 1 amide bonds. The highest BCUT2D eigenvalue weighted by molar-refractivity contribution is 7.16. The molecule has 2 atom stereocenters. The highest BCUT2D eigenvalue weighted by atomic mass is 35.5. The van der Waals surface area contributed by atoms with Gasteiger partial charge in [0.25, 0.3) is 0 Å². The number of amides is 1. The van der Waals surface area contributed by atoms with E-state index in [2.05, 4.69) is 5.32 Å². The molecule has 1 aliphatic heterocycles. The van der Waals surface area contributed by atoms with E-state index in [1.54, 1.807) is 6.92 Å². The van der Waals surface area contributed by atoms with Gasteiger partial charge in [-0.1, -0.05) is 11.6 Å². The summed E-state index contributed by atoms with van der Waals surface area (Å²) in [5, 5.41) is 2.85. The number of hydrogen-bond donors (Lipinski definition) is 1. The van der Waals surface area contributed by atoms with Crippen molar-refractivity contribution in [2.75, 3.05) is 13.2 Å². The number of carbonyl (C=O) groups is 1. The van der Waals surface area contributed by atoms with Crippen LogP contribution in [0.2, 0.25) is 4.34 Å². The van der Waals surface area contributed by atoms with Gasteiger partial charge < -0.3 is 14.8 Å². The average molecular weight is 318 g/mol. The van der Waals surface area contributed by atoms with Gasteiger partial charge in [-0.3, -0.25) is 4.79 Å². The van der Waals surface area contributed by atoms with Crippen LogP contribution in [0.3, 0.4) is 0 Å². The summed E-state index contributed by atoms with van der Waals surface area (Å²) in [7, 11) is 0. The second-order valence-electron chi connectivity index (χ2n) is 4.89. The number of halogens is 1. The summed E-state index contributed by atoms with van der Waals surface area (Å²) in [5.74, 6) is -0.106. The summed E-state index contributed by atoms with van der Waals surface area (Å²) in [6, 6.07) is 3.74. The zero-order chi connectivity index (χ0) is 14.4. The molecule has 0 aliphatic carbocycles.